The molecule has 0 saturated carbocycles. The molecule has 5 nitrogen and oxygen atoms in total. The van der Waals surface area contributed by atoms with Gasteiger partial charge in [-0.1, -0.05) is 0 Å². The first kappa shape index (κ1) is 12.4. The molecule has 0 atom stereocenters. The van der Waals surface area contributed by atoms with E-state index >= 15 is 0 Å². The Morgan fingerprint density at radius 1 is 1.50 bits per heavy atom. The largest absolute Gasteiger partial charge is 0.466 e. The summed E-state index contributed by atoms with van der Waals surface area (Å²) in [5, 5.41) is 2.87. The zero-order chi connectivity index (χ0) is 13.1. The molecule has 0 spiro atoms. The number of aryl methyl sites for hydroxylation is 3. The number of rotatable bonds is 4. The van der Waals surface area contributed by atoms with Gasteiger partial charge < -0.3 is 14.3 Å². The van der Waals surface area contributed by atoms with Crippen LogP contribution in [-0.2, 0) is 13.5 Å². The van der Waals surface area contributed by atoms with E-state index in [1.807, 2.05) is 24.7 Å². The average Bonchev–Trinajstić information content (AvgIpc) is 2.85. The van der Waals surface area contributed by atoms with E-state index < -0.39 is 0 Å². The van der Waals surface area contributed by atoms with Gasteiger partial charge in [-0.2, -0.15) is 0 Å². The molecule has 0 aliphatic heterocycles. The zero-order valence-electron chi connectivity index (χ0n) is 10.9. The van der Waals surface area contributed by atoms with Gasteiger partial charge in [-0.05, 0) is 19.9 Å². The predicted molar refractivity (Wildman–Crippen MR) is 67.4 cm³/mol. The van der Waals surface area contributed by atoms with Gasteiger partial charge in [0.05, 0.1) is 5.56 Å². The monoisotopic (exact) mass is 247 g/mol. The number of nitrogens with zero attached hydrogens (tertiary/aromatic N) is 2. The quantitative estimate of drug-likeness (QED) is 0.892. The van der Waals surface area contributed by atoms with Crippen molar-refractivity contribution in [3.63, 3.8) is 0 Å². The van der Waals surface area contributed by atoms with Gasteiger partial charge in [0, 0.05) is 32.4 Å². The molecule has 0 saturated heterocycles. The number of nitrogens with one attached hydrogen (secondary N) is 1. The lowest BCUT2D eigenvalue weighted by Crippen LogP contribution is -2.26. The topological polar surface area (TPSA) is 60.1 Å². The Bertz CT molecular complexity index is 554. The minimum atomic E-state index is -0.0986. The zero-order valence-corrected chi connectivity index (χ0v) is 10.9. The van der Waals surface area contributed by atoms with Crippen LogP contribution in [0, 0.1) is 13.8 Å². The summed E-state index contributed by atoms with van der Waals surface area (Å²) in [6.45, 7) is 4.19. The molecule has 2 aromatic rings. The highest BCUT2D eigenvalue weighted by Gasteiger charge is 2.12. The maximum absolute atomic E-state index is 11.9. The Kier molecular flexibility index (Phi) is 3.50. The van der Waals surface area contributed by atoms with Gasteiger partial charge >= 0.3 is 0 Å². The van der Waals surface area contributed by atoms with E-state index in [0.717, 1.165) is 11.6 Å². The summed E-state index contributed by atoms with van der Waals surface area (Å²) in [4.78, 5) is 16.1. The molecule has 0 fully saturated rings. The molecule has 0 aliphatic rings. The number of carbonyl (C=O) groups is 1. The fourth-order valence-electron chi connectivity index (χ4n) is 1.88. The maximum Gasteiger partial charge on any atom is 0.254 e. The van der Waals surface area contributed by atoms with Crippen LogP contribution in [-0.4, -0.2) is 22.0 Å². The summed E-state index contributed by atoms with van der Waals surface area (Å²) in [5.74, 6) is 2.26. The van der Waals surface area contributed by atoms with Gasteiger partial charge in [0.15, 0.2) is 0 Å². The predicted octanol–water partition coefficient (Wildman–Crippen LogP) is 1.60. The standard InChI is InChI=1S/C13H17N3O2/c1-9-8-11(10(2)18-9)13(17)15-5-4-12-14-6-7-16(12)3/h6-8H,4-5H2,1-3H3,(H,15,17). The third-order valence-corrected chi connectivity index (χ3v) is 2.84. The van der Waals surface area contributed by atoms with Crippen LogP contribution in [0.5, 0.6) is 0 Å². The molecule has 96 valence electrons. The van der Waals surface area contributed by atoms with Crippen molar-refractivity contribution in [3.8, 4) is 0 Å². The van der Waals surface area contributed by atoms with Crippen LogP contribution >= 0.6 is 0 Å². The van der Waals surface area contributed by atoms with Gasteiger partial charge in [-0.15, -0.1) is 0 Å². The van der Waals surface area contributed by atoms with Crippen LogP contribution in [0.15, 0.2) is 22.9 Å². The number of furan rings is 1. The number of aromatic nitrogens is 2. The third-order valence-electron chi connectivity index (χ3n) is 2.84. The van der Waals surface area contributed by atoms with Crippen LogP contribution in [0.3, 0.4) is 0 Å². The Morgan fingerprint density at radius 2 is 2.28 bits per heavy atom. The van der Waals surface area contributed by atoms with Crippen molar-refractivity contribution >= 4 is 5.91 Å². The molecule has 0 radical (unpaired) electrons. The number of amides is 1. The minimum Gasteiger partial charge on any atom is -0.466 e. The van der Waals surface area contributed by atoms with Crippen molar-refractivity contribution in [2.24, 2.45) is 7.05 Å². The van der Waals surface area contributed by atoms with Gasteiger partial charge in [0.25, 0.3) is 5.91 Å². The lowest BCUT2D eigenvalue weighted by molar-refractivity contribution is 0.0952. The van der Waals surface area contributed by atoms with Crippen molar-refractivity contribution in [2.45, 2.75) is 20.3 Å². The normalized spacial score (nSPS) is 10.6. The molecule has 2 rings (SSSR count). The first-order valence-corrected chi connectivity index (χ1v) is 5.89. The second kappa shape index (κ2) is 5.08. The summed E-state index contributed by atoms with van der Waals surface area (Å²) < 4.78 is 7.27. The first-order chi connectivity index (χ1) is 8.58. The van der Waals surface area contributed by atoms with Crippen LogP contribution in [0.2, 0.25) is 0 Å². The molecule has 0 aliphatic carbocycles. The number of hydrogen-bond acceptors (Lipinski definition) is 3. The van der Waals surface area contributed by atoms with E-state index in [4.69, 9.17) is 4.42 Å². The summed E-state index contributed by atoms with van der Waals surface area (Å²) in [5.41, 5.74) is 0.604. The second-order valence-electron chi connectivity index (χ2n) is 4.29. The number of carbonyl (C=O) groups excluding carboxylic acids is 1. The van der Waals surface area contributed by atoms with Crippen molar-refractivity contribution in [1.82, 2.24) is 14.9 Å². The molecule has 0 unspecified atom stereocenters. The van der Waals surface area contributed by atoms with Crippen LogP contribution < -0.4 is 5.32 Å². The lowest BCUT2D eigenvalue weighted by Gasteiger charge is -2.04. The molecule has 5 heteroatoms. The van der Waals surface area contributed by atoms with E-state index in [1.54, 1.807) is 19.2 Å². The number of hydrogen-bond donors (Lipinski definition) is 1. The molecule has 0 bridgehead atoms. The Balaban J connectivity index is 1.89. The summed E-state index contributed by atoms with van der Waals surface area (Å²) in [6, 6.07) is 1.76. The van der Waals surface area contributed by atoms with E-state index in [1.165, 1.54) is 0 Å². The van der Waals surface area contributed by atoms with Crippen molar-refractivity contribution < 1.29 is 9.21 Å². The molecular formula is C13H17N3O2. The highest BCUT2D eigenvalue weighted by atomic mass is 16.3. The fourth-order valence-corrected chi connectivity index (χ4v) is 1.88. The molecule has 1 amide bonds. The second-order valence-corrected chi connectivity index (χ2v) is 4.29. The Morgan fingerprint density at radius 3 is 2.83 bits per heavy atom. The summed E-state index contributed by atoms with van der Waals surface area (Å²) >= 11 is 0. The molecule has 0 aromatic carbocycles. The molecule has 1 N–H and O–H groups in total. The highest BCUT2D eigenvalue weighted by molar-refractivity contribution is 5.95. The maximum atomic E-state index is 11.9. The smallest absolute Gasteiger partial charge is 0.254 e. The average molecular weight is 247 g/mol. The van der Waals surface area contributed by atoms with Gasteiger partial charge in [-0.3, -0.25) is 4.79 Å². The van der Waals surface area contributed by atoms with E-state index in [0.29, 0.717) is 24.3 Å². The van der Waals surface area contributed by atoms with E-state index in [9.17, 15) is 4.79 Å². The van der Waals surface area contributed by atoms with Crippen LogP contribution in [0.25, 0.3) is 0 Å². The lowest BCUT2D eigenvalue weighted by atomic mass is 10.2. The first-order valence-electron chi connectivity index (χ1n) is 5.89. The Labute approximate surface area is 106 Å². The molecule has 2 heterocycles. The van der Waals surface area contributed by atoms with Crippen molar-refractivity contribution in [1.29, 1.82) is 0 Å². The minimum absolute atomic E-state index is 0.0986. The fraction of sp³-hybridized carbons (Fsp3) is 0.385. The van der Waals surface area contributed by atoms with Crippen molar-refractivity contribution in [3.05, 3.63) is 41.4 Å². The highest BCUT2D eigenvalue weighted by Crippen LogP contribution is 2.13. The van der Waals surface area contributed by atoms with Crippen LogP contribution in [0.4, 0.5) is 0 Å². The van der Waals surface area contributed by atoms with Gasteiger partial charge in [0.1, 0.15) is 17.3 Å². The Hall–Kier alpha value is -2.04. The van der Waals surface area contributed by atoms with Gasteiger partial charge in [-0.25, -0.2) is 4.98 Å². The van der Waals surface area contributed by atoms with Crippen molar-refractivity contribution in [2.75, 3.05) is 6.54 Å². The SMILES string of the molecule is Cc1cc(C(=O)NCCc2nccn2C)c(C)o1. The number of imidazole rings is 1. The summed E-state index contributed by atoms with van der Waals surface area (Å²) in [7, 11) is 1.94. The van der Waals surface area contributed by atoms with Crippen LogP contribution in [0.1, 0.15) is 27.7 Å². The molecular weight excluding hydrogens is 230 g/mol. The molecule has 2 aromatic heterocycles. The van der Waals surface area contributed by atoms with E-state index in [2.05, 4.69) is 10.3 Å². The van der Waals surface area contributed by atoms with E-state index in [-0.39, 0.29) is 5.91 Å². The third kappa shape index (κ3) is 2.61. The van der Waals surface area contributed by atoms with Gasteiger partial charge in [0.2, 0.25) is 0 Å². The molecule has 18 heavy (non-hydrogen) atoms. The summed E-state index contributed by atoms with van der Waals surface area (Å²) in [6.07, 6.45) is 4.35.